The van der Waals surface area contributed by atoms with Crippen LogP contribution in [0.4, 0.5) is 11.4 Å². The van der Waals surface area contributed by atoms with Crippen LogP contribution in [0.1, 0.15) is 25.8 Å². The van der Waals surface area contributed by atoms with Crippen LogP contribution in [-0.4, -0.2) is 18.3 Å². The third kappa shape index (κ3) is 3.42. The van der Waals surface area contributed by atoms with Gasteiger partial charge in [-0.2, -0.15) is 0 Å². The summed E-state index contributed by atoms with van der Waals surface area (Å²) < 4.78 is 0. The molecule has 0 saturated heterocycles. The lowest BCUT2D eigenvalue weighted by Gasteiger charge is -2.25. The van der Waals surface area contributed by atoms with E-state index in [4.69, 9.17) is 10.8 Å². The highest BCUT2D eigenvalue weighted by atomic mass is 16.3. The van der Waals surface area contributed by atoms with Crippen molar-refractivity contribution in [2.75, 3.05) is 24.2 Å². The van der Waals surface area contributed by atoms with E-state index in [2.05, 4.69) is 19.2 Å². The molecule has 0 aromatic heterocycles. The second-order valence-electron chi connectivity index (χ2n) is 5.03. The van der Waals surface area contributed by atoms with E-state index in [9.17, 15) is 0 Å². The van der Waals surface area contributed by atoms with Gasteiger partial charge in [-0.3, -0.25) is 0 Å². The van der Waals surface area contributed by atoms with Gasteiger partial charge in [0.1, 0.15) is 0 Å². The van der Waals surface area contributed by atoms with E-state index in [1.165, 1.54) is 0 Å². The van der Waals surface area contributed by atoms with Gasteiger partial charge in [-0.25, -0.2) is 0 Å². The molecular weight excluding hydrogens is 200 g/mol. The molecule has 0 bridgehead atoms. The number of benzene rings is 1. The van der Waals surface area contributed by atoms with Gasteiger partial charge >= 0.3 is 0 Å². The van der Waals surface area contributed by atoms with Crippen LogP contribution in [0.3, 0.4) is 0 Å². The zero-order valence-electron chi connectivity index (χ0n) is 10.4. The minimum atomic E-state index is 0.0743. The summed E-state index contributed by atoms with van der Waals surface area (Å²) in [5.41, 5.74) is 8.92. The summed E-state index contributed by atoms with van der Waals surface area (Å²) in [6.07, 6.45) is 0.783. The third-order valence-electron chi connectivity index (χ3n) is 2.87. The number of aliphatic hydroxyl groups excluding tert-OH is 1. The zero-order valence-corrected chi connectivity index (χ0v) is 10.4. The molecule has 0 saturated carbocycles. The summed E-state index contributed by atoms with van der Waals surface area (Å²) in [5.74, 6) is 0. The maximum absolute atomic E-state index is 8.95. The normalized spacial score (nSPS) is 11.5. The summed E-state index contributed by atoms with van der Waals surface area (Å²) in [5, 5.41) is 12.3. The van der Waals surface area contributed by atoms with Gasteiger partial charge in [-0.05, 0) is 30.4 Å². The van der Waals surface area contributed by atoms with Gasteiger partial charge in [0.25, 0.3) is 0 Å². The quantitative estimate of drug-likeness (QED) is 0.670. The topological polar surface area (TPSA) is 58.3 Å². The molecule has 1 aromatic carbocycles. The standard InChI is InChI=1S/C13H22N2O/c1-10-5-4-6-11(12(10)14)15-9-13(2,3)7-8-16/h4-6,15-16H,7-9,14H2,1-3H3. The highest BCUT2D eigenvalue weighted by molar-refractivity contribution is 5.69. The molecule has 90 valence electrons. The molecule has 0 aliphatic heterocycles. The van der Waals surface area contributed by atoms with Crippen molar-refractivity contribution in [1.82, 2.24) is 0 Å². The average molecular weight is 222 g/mol. The number of hydrogen-bond acceptors (Lipinski definition) is 3. The molecule has 3 heteroatoms. The van der Waals surface area contributed by atoms with Crippen molar-refractivity contribution >= 4 is 11.4 Å². The number of rotatable bonds is 5. The van der Waals surface area contributed by atoms with E-state index in [1.807, 2.05) is 25.1 Å². The van der Waals surface area contributed by atoms with Crippen molar-refractivity contribution in [3.05, 3.63) is 23.8 Å². The van der Waals surface area contributed by atoms with E-state index in [1.54, 1.807) is 0 Å². The first-order valence-electron chi connectivity index (χ1n) is 5.66. The van der Waals surface area contributed by atoms with Gasteiger partial charge < -0.3 is 16.2 Å². The molecule has 3 nitrogen and oxygen atoms in total. The number of para-hydroxylation sites is 1. The van der Waals surface area contributed by atoms with Gasteiger partial charge in [0.2, 0.25) is 0 Å². The summed E-state index contributed by atoms with van der Waals surface area (Å²) in [4.78, 5) is 0. The zero-order chi connectivity index (χ0) is 12.2. The highest BCUT2D eigenvalue weighted by Crippen LogP contribution is 2.25. The Kier molecular flexibility index (Phi) is 4.19. The van der Waals surface area contributed by atoms with Gasteiger partial charge in [0.05, 0.1) is 11.4 Å². The lowest BCUT2D eigenvalue weighted by molar-refractivity contribution is 0.220. The lowest BCUT2D eigenvalue weighted by atomic mass is 9.89. The fourth-order valence-corrected chi connectivity index (χ4v) is 1.56. The smallest absolute Gasteiger partial charge is 0.0579 e. The largest absolute Gasteiger partial charge is 0.397 e. The van der Waals surface area contributed by atoms with Crippen LogP contribution in [0, 0.1) is 12.3 Å². The Bertz CT molecular complexity index is 348. The van der Waals surface area contributed by atoms with Crippen LogP contribution >= 0.6 is 0 Å². The van der Waals surface area contributed by atoms with Crippen molar-refractivity contribution < 1.29 is 5.11 Å². The Morgan fingerprint density at radius 2 is 2.06 bits per heavy atom. The SMILES string of the molecule is Cc1cccc(NCC(C)(C)CCO)c1N. The van der Waals surface area contributed by atoms with Gasteiger partial charge in [-0.15, -0.1) is 0 Å². The summed E-state index contributed by atoms with van der Waals surface area (Å²) in [7, 11) is 0. The molecule has 0 heterocycles. The Morgan fingerprint density at radius 3 is 2.69 bits per heavy atom. The second-order valence-corrected chi connectivity index (χ2v) is 5.03. The van der Waals surface area contributed by atoms with Crippen LogP contribution in [-0.2, 0) is 0 Å². The minimum absolute atomic E-state index is 0.0743. The Balaban J connectivity index is 2.64. The highest BCUT2D eigenvalue weighted by Gasteiger charge is 2.17. The molecule has 0 fully saturated rings. The molecule has 1 rings (SSSR count). The van der Waals surface area contributed by atoms with Crippen LogP contribution < -0.4 is 11.1 Å². The van der Waals surface area contributed by atoms with Gasteiger partial charge in [0, 0.05) is 13.2 Å². The van der Waals surface area contributed by atoms with Gasteiger partial charge in [-0.1, -0.05) is 26.0 Å². The fourth-order valence-electron chi connectivity index (χ4n) is 1.56. The molecular formula is C13H22N2O. The molecule has 0 aliphatic rings. The lowest BCUT2D eigenvalue weighted by Crippen LogP contribution is -2.24. The summed E-state index contributed by atoms with van der Waals surface area (Å²) in [6.45, 7) is 7.28. The molecule has 0 aliphatic carbocycles. The maximum atomic E-state index is 8.95. The molecule has 0 atom stereocenters. The molecule has 0 unspecified atom stereocenters. The fraction of sp³-hybridized carbons (Fsp3) is 0.538. The first-order chi connectivity index (χ1) is 7.46. The van der Waals surface area contributed by atoms with Crippen molar-refractivity contribution in [2.24, 2.45) is 5.41 Å². The van der Waals surface area contributed by atoms with Crippen LogP contribution in [0.25, 0.3) is 0 Å². The van der Waals surface area contributed by atoms with Crippen molar-refractivity contribution in [2.45, 2.75) is 27.2 Å². The second kappa shape index (κ2) is 5.21. The van der Waals surface area contributed by atoms with Crippen molar-refractivity contribution in [1.29, 1.82) is 0 Å². The van der Waals surface area contributed by atoms with Crippen molar-refractivity contribution in [3.63, 3.8) is 0 Å². The van der Waals surface area contributed by atoms with E-state index in [0.717, 1.165) is 29.9 Å². The molecule has 4 N–H and O–H groups in total. The Hall–Kier alpha value is -1.22. The number of aliphatic hydroxyl groups is 1. The van der Waals surface area contributed by atoms with E-state index >= 15 is 0 Å². The summed E-state index contributed by atoms with van der Waals surface area (Å²) >= 11 is 0. The molecule has 16 heavy (non-hydrogen) atoms. The number of anilines is 2. The Morgan fingerprint density at radius 1 is 1.38 bits per heavy atom. The number of nitrogen functional groups attached to an aromatic ring is 1. The number of aryl methyl sites for hydroxylation is 1. The van der Waals surface area contributed by atoms with E-state index in [-0.39, 0.29) is 12.0 Å². The Labute approximate surface area is 97.7 Å². The van der Waals surface area contributed by atoms with Gasteiger partial charge in [0.15, 0.2) is 0 Å². The molecule has 0 spiro atoms. The van der Waals surface area contributed by atoms with Crippen LogP contribution in [0.2, 0.25) is 0 Å². The first kappa shape index (κ1) is 12.8. The van der Waals surface area contributed by atoms with Crippen LogP contribution in [0.5, 0.6) is 0 Å². The first-order valence-corrected chi connectivity index (χ1v) is 5.66. The predicted octanol–water partition coefficient (Wildman–Crippen LogP) is 2.40. The number of nitrogens with one attached hydrogen (secondary N) is 1. The van der Waals surface area contributed by atoms with Crippen LogP contribution in [0.15, 0.2) is 18.2 Å². The average Bonchev–Trinajstić information content (AvgIpc) is 2.20. The minimum Gasteiger partial charge on any atom is -0.397 e. The third-order valence-corrected chi connectivity index (χ3v) is 2.87. The van der Waals surface area contributed by atoms with Crippen molar-refractivity contribution in [3.8, 4) is 0 Å². The molecule has 0 radical (unpaired) electrons. The van der Waals surface area contributed by atoms with E-state index < -0.39 is 0 Å². The van der Waals surface area contributed by atoms with E-state index in [0.29, 0.717) is 0 Å². The predicted molar refractivity (Wildman–Crippen MR) is 69.6 cm³/mol. The number of hydrogen-bond donors (Lipinski definition) is 3. The molecule has 1 aromatic rings. The number of nitrogens with two attached hydrogens (primary N) is 1. The maximum Gasteiger partial charge on any atom is 0.0579 e. The summed E-state index contributed by atoms with van der Waals surface area (Å²) in [6, 6.07) is 5.98. The monoisotopic (exact) mass is 222 g/mol. The molecule has 0 amide bonds.